The molecule has 2 atom stereocenters. The van der Waals surface area contributed by atoms with Crippen molar-refractivity contribution in [1.29, 1.82) is 0 Å². The smallest absolute Gasteiger partial charge is 0.338 e. The zero-order valence-corrected chi connectivity index (χ0v) is 16.6. The summed E-state index contributed by atoms with van der Waals surface area (Å²) in [5, 5.41) is 0. The number of morpholine rings is 1. The minimum atomic E-state index is -3.80. The van der Waals surface area contributed by atoms with E-state index in [1.165, 1.54) is 38.4 Å². The van der Waals surface area contributed by atoms with E-state index in [1.807, 2.05) is 13.8 Å². The molecule has 0 saturated carbocycles. The average molecular weight is 400 g/mol. The molecule has 1 amide bonds. The van der Waals surface area contributed by atoms with E-state index >= 15 is 0 Å². The van der Waals surface area contributed by atoms with E-state index in [2.05, 4.69) is 4.84 Å². The molecule has 1 heterocycles. The molecular formula is C17H24N2O7S. The maximum absolute atomic E-state index is 12.2. The van der Waals surface area contributed by atoms with Crippen molar-refractivity contribution in [3.63, 3.8) is 0 Å². The maximum atomic E-state index is 12.2. The summed E-state index contributed by atoms with van der Waals surface area (Å²) >= 11 is 0. The van der Waals surface area contributed by atoms with E-state index in [4.69, 9.17) is 9.47 Å². The molecule has 0 bridgehead atoms. The van der Waals surface area contributed by atoms with Gasteiger partial charge in [-0.2, -0.15) is 0 Å². The number of rotatable bonds is 6. The van der Waals surface area contributed by atoms with Gasteiger partial charge in [0.15, 0.2) is 6.61 Å². The molecule has 0 N–H and O–H groups in total. The predicted molar refractivity (Wildman–Crippen MR) is 95.3 cm³/mol. The van der Waals surface area contributed by atoms with Crippen molar-refractivity contribution in [3.8, 4) is 0 Å². The van der Waals surface area contributed by atoms with Gasteiger partial charge in [0.05, 0.1) is 29.8 Å². The molecule has 0 aliphatic carbocycles. The highest BCUT2D eigenvalue weighted by Crippen LogP contribution is 2.16. The molecule has 0 unspecified atom stereocenters. The fourth-order valence-electron chi connectivity index (χ4n) is 2.69. The van der Waals surface area contributed by atoms with Gasteiger partial charge in [-0.15, -0.1) is 0 Å². The number of benzene rings is 1. The Morgan fingerprint density at radius 1 is 1.19 bits per heavy atom. The number of amides is 1. The number of carbonyl (C=O) groups is 2. The molecule has 1 aliphatic rings. The van der Waals surface area contributed by atoms with Gasteiger partial charge in [-0.3, -0.25) is 9.63 Å². The van der Waals surface area contributed by atoms with E-state index in [-0.39, 0.29) is 35.2 Å². The fourth-order valence-corrected chi connectivity index (χ4v) is 3.67. The van der Waals surface area contributed by atoms with Crippen LogP contribution in [-0.2, 0) is 29.1 Å². The van der Waals surface area contributed by atoms with Crippen LogP contribution >= 0.6 is 0 Å². The summed E-state index contributed by atoms with van der Waals surface area (Å²) in [6.07, 6.45) is -0.152. The Morgan fingerprint density at radius 3 is 2.26 bits per heavy atom. The van der Waals surface area contributed by atoms with Crippen LogP contribution in [0.4, 0.5) is 0 Å². The van der Waals surface area contributed by atoms with Crippen molar-refractivity contribution in [2.75, 3.05) is 33.9 Å². The summed E-state index contributed by atoms with van der Waals surface area (Å²) in [4.78, 5) is 30.6. The summed E-state index contributed by atoms with van der Waals surface area (Å²) in [6.45, 7) is 4.25. The second kappa shape index (κ2) is 8.79. The lowest BCUT2D eigenvalue weighted by atomic mass is 10.2. The van der Waals surface area contributed by atoms with Crippen molar-refractivity contribution in [1.82, 2.24) is 9.37 Å². The number of hydrogen-bond acceptors (Lipinski definition) is 7. The van der Waals surface area contributed by atoms with Crippen molar-refractivity contribution in [3.05, 3.63) is 29.8 Å². The Bertz CT molecular complexity index is 769. The van der Waals surface area contributed by atoms with Gasteiger partial charge in [0.25, 0.3) is 15.9 Å². The van der Waals surface area contributed by atoms with Gasteiger partial charge in [-0.05, 0) is 38.1 Å². The van der Waals surface area contributed by atoms with Gasteiger partial charge in [-0.25, -0.2) is 13.2 Å². The first-order valence-corrected chi connectivity index (χ1v) is 9.82. The SMILES string of the molecule is CON(C)S(=O)(=O)c1ccc(C(=O)OCC(=O)N2C[C@@H](C)O[C@H](C)C2)cc1. The Balaban J connectivity index is 1.95. The largest absolute Gasteiger partial charge is 0.452 e. The van der Waals surface area contributed by atoms with E-state index in [9.17, 15) is 18.0 Å². The molecule has 150 valence electrons. The maximum Gasteiger partial charge on any atom is 0.338 e. The van der Waals surface area contributed by atoms with E-state index < -0.39 is 16.0 Å². The van der Waals surface area contributed by atoms with E-state index in [0.717, 1.165) is 0 Å². The number of nitrogens with zero attached hydrogens (tertiary/aromatic N) is 2. The molecule has 9 nitrogen and oxygen atoms in total. The van der Waals surface area contributed by atoms with Gasteiger partial charge in [0.1, 0.15) is 0 Å². The Kier molecular flexibility index (Phi) is 6.93. The van der Waals surface area contributed by atoms with E-state index in [0.29, 0.717) is 17.6 Å². The standard InChI is InChI=1S/C17H24N2O7S/c1-12-9-19(10-13(2)26-12)16(20)11-25-17(21)14-5-7-15(8-6-14)27(22,23)18(3)24-4/h5-8,12-13H,9-11H2,1-4H3/t12-,13-/m1/s1. The minimum Gasteiger partial charge on any atom is -0.452 e. The molecule has 2 rings (SSSR count). The van der Waals surface area contributed by atoms with Crippen LogP contribution in [-0.4, -0.2) is 75.7 Å². The van der Waals surface area contributed by atoms with Gasteiger partial charge < -0.3 is 14.4 Å². The van der Waals surface area contributed by atoms with Crippen LogP contribution in [0.2, 0.25) is 0 Å². The molecule has 27 heavy (non-hydrogen) atoms. The van der Waals surface area contributed by atoms with Crippen LogP contribution in [0.3, 0.4) is 0 Å². The highest BCUT2D eigenvalue weighted by Gasteiger charge is 2.26. The van der Waals surface area contributed by atoms with Crippen molar-refractivity contribution >= 4 is 21.9 Å². The number of hydroxylamine groups is 1. The normalized spacial score (nSPS) is 20.6. The van der Waals surface area contributed by atoms with E-state index in [1.54, 1.807) is 4.90 Å². The molecular weight excluding hydrogens is 376 g/mol. The number of carbonyl (C=O) groups excluding carboxylic acids is 2. The van der Waals surface area contributed by atoms with Gasteiger partial charge in [-0.1, -0.05) is 4.47 Å². The zero-order chi connectivity index (χ0) is 20.2. The topological polar surface area (TPSA) is 102 Å². The number of ether oxygens (including phenoxy) is 2. The third-order valence-corrected chi connectivity index (χ3v) is 5.78. The molecule has 10 heteroatoms. The van der Waals surface area contributed by atoms with Crippen LogP contribution in [0.25, 0.3) is 0 Å². The summed E-state index contributed by atoms with van der Waals surface area (Å²) < 4.78 is 35.5. The lowest BCUT2D eigenvalue weighted by Gasteiger charge is -2.35. The molecule has 1 saturated heterocycles. The molecule has 0 spiro atoms. The Hall–Kier alpha value is -2.01. The number of esters is 1. The molecule has 0 radical (unpaired) electrons. The highest BCUT2D eigenvalue weighted by atomic mass is 32.2. The summed E-state index contributed by atoms with van der Waals surface area (Å²) in [5.74, 6) is -1.01. The quantitative estimate of drug-likeness (QED) is 0.510. The molecule has 1 aliphatic heterocycles. The molecule has 1 aromatic rings. The van der Waals surface area contributed by atoms with Crippen LogP contribution in [0.15, 0.2) is 29.2 Å². The van der Waals surface area contributed by atoms with Crippen LogP contribution < -0.4 is 0 Å². The average Bonchev–Trinajstić information content (AvgIpc) is 2.64. The number of sulfonamides is 1. The summed E-state index contributed by atoms with van der Waals surface area (Å²) in [7, 11) is -1.30. The summed E-state index contributed by atoms with van der Waals surface area (Å²) in [6, 6.07) is 5.19. The lowest BCUT2D eigenvalue weighted by molar-refractivity contribution is -0.146. The lowest BCUT2D eigenvalue weighted by Crippen LogP contribution is -2.49. The predicted octanol–water partition coefficient (Wildman–Crippen LogP) is 0.661. The minimum absolute atomic E-state index is 0.0317. The third kappa shape index (κ3) is 5.25. The zero-order valence-electron chi connectivity index (χ0n) is 15.7. The van der Waals surface area contributed by atoms with Crippen molar-refractivity contribution < 1.29 is 32.3 Å². The third-order valence-electron chi connectivity index (χ3n) is 4.08. The van der Waals surface area contributed by atoms with Gasteiger partial charge in [0.2, 0.25) is 0 Å². The highest BCUT2D eigenvalue weighted by molar-refractivity contribution is 7.89. The van der Waals surface area contributed by atoms with Crippen LogP contribution in [0, 0.1) is 0 Å². The van der Waals surface area contributed by atoms with Gasteiger partial charge in [0, 0.05) is 20.1 Å². The van der Waals surface area contributed by atoms with Crippen LogP contribution in [0.1, 0.15) is 24.2 Å². The second-order valence-electron chi connectivity index (χ2n) is 6.25. The summed E-state index contributed by atoms with van der Waals surface area (Å²) in [5.41, 5.74) is 0.144. The van der Waals surface area contributed by atoms with Crippen molar-refractivity contribution in [2.45, 2.75) is 31.0 Å². The monoisotopic (exact) mass is 400 g/mol. The van der Waals surface area contributed by atoms with Crippen molar-refractivity contribution in [2.24, 2.45) is 0 Å². The molecule has 1 aromatic carbocycles. The van der Waals surface area contributed by atoms with Crippen LogP contribution in [0.5, 0.6) is 0 Å². The number of hydrogen-bond donors (Lipinski definition) is 0. The Morgan fingerprint density at radius 2 is 1.74 bits per heavy atom. The first-order chi connectivity index (χ1) is 12.6. The molecule has 1 fully saturated rings. The van der Waals surface area contributed by atoms with Gasteiger partial charge >= 0.3 is 5.97 Å². The first-order valence-electron chi connectivity index (χ1n) is 8.38. The Labute approximate surface area is 158 Å². The molecule has 0 aromatic heterocycles. The fraction of sp³-hybridized carbons (Fsp3) is 0.529. The second-order valence-corrected chi connectivity index (χ2v) is 8.19. The first kappa shape index (κ1) is 21.3.